The van der Waals surface area contributed by atoms with Crippen LogP contribution in [0.1, 0.15) is 103 Å². The van der Waals surface area contributed by atoms with Crippen molar-refractivity contribution in [3.63, 3.8) is 0 Å². The SMILES string of the molecule is BrC1CCCCCCCC(C2CCCCCCCC(Br)C2)C1. The molecule has 0 aromatic carbocycles. The van der Waals surface area contributed by atoms with Crippen molar-refractivity contribution >= 4 is 31.9 Å². The van der Waals surface area contributed by atoms with Gasteiger partial charge < -0.3 is 0 Å². The standard InChI is InChI=1S/C20H36Br2/c21-19-13-9-5-1-3-7-11-17(15-19)18-12-8-4-2-6-10-14-20(22)16-18/h17-20H,1-16H2. The normalized spacial score (nSPS) is 37.4. The Kier molecular flexibility index (Phi) is 10.1. The van der Waals surface area contributed by atoms with Crippen LogP contribution in [0.25, 0.3) is 0 Å². The molecular formula is C20H36Br2. The summed E-state index contributed by atoms with van der Waals surface area (Å²) in [6.07, 6.45) is 23.3. The summed E-state index contributed by atoms with van der Waals surface area (Å²) in [6, 6.07) is 0. The summed E-state index contributed by atoms with van der Waals surface area (Å²) in [7, 11) is 0. The van der Waals surface area contributed by atoms with Crippen LogP contribution < -0.4 is 0 Å². The fourth-order valence-corrected chi connectivity index (χ4v) is 6.20. The molecule has 2 saturated carbocycles. The Hall–Kier alpha value is 0.960. The molecule has 4 atom stereocenters. The molecule has 0 aromatic heterocycles. The summed E-state index contributed by atoms with van der Waals surface area (Å²) in [5.74, 6) is 1.95. The second kappa shape index (κ2) is 11.5. The molecule has 130 valence electrons. The summed E-state index contributed by atoms with van der Waals surface area (Å²) in [5.41, 5.74) is 0. The molecule has 0 amide bonds. The first-order valence-electron chi connectivity index (χ1n) is 10.0. The van der Waals surface area contributed by atoms with Crippen LogP contribution >= 0.6 is 31.9 Å². The molecule has 0 nitrogen and oxygen atoms in total. The van der Waals surface area contributed by atoms with Crippen molar-refractivity contribution in [2.75, 3.05) is 0 Å². The predicted molar refractivity (Wildman–Crippen MR) is 106 cm³/mol. The van der Waals surface area contributed by atoms with Gasteiger partial charge in [-0.15, -0.1) is 0 Å². The van der Waals surface area contributed by atoms with Gasteiger partial charge in [0.2, 0.25) is 0 Å². The molecule has 0 radical (unpaired) electrons. The predicted octanol–water partition coefficient (Wildman–Crippen LogP) is 8.01. The second-order valence-electron chi connectivity index (χ2n) is 7.88. The van der Waals surface area contributed by atoms with Gasteiger partial charge in [0, 0.05) is 9.65 Å². The van der Waals surface area contributed by atoms with E-state index in [0.29, 0.717) is 0 Å². The highest BCUT2D eigenvalue weighted by Gasteiger charge is 2.26. The minimum absolute atomic E-state index is 0.778. The second-order valence-corrected chi connectivity index (χ2v) is 10.5. The molecule has 4 unspecified atom stereocenters. The first-order valence-corrected chi connectivity index (χ1v) is 11.9. The van der Waals surface area contributed by atoms with E-state index in [0.717, 1.165) is 21.5 Å². The summed E-state index contributed by atoms with van der Waals surface area (Å²) in [4.78, 5) is 1.56. The van der Waals surface area contributed by atoms with E-state index in [4.69, 9.17) is 0 Å². The Labute approximate surface area is 155 Å². The van der Waals surface area contributed by atoms with E-state index in [1.165, 1.54) is 103 Å². The molecule has 2 rings (SSSR count). The lowest BCUT2D eigenvalue weighted by Crippen LogP contribution is -2.23. The van der Waals surface area contributed by atoms with Crippen LogP contribution in [0.3, 0.4) is 0 Å². The number of rotatable bonds is 1. The van der Waals surface area contributed by atoms with E-state index in [1.54, 1.807) is 0 Å². The largest absolute Gasteiger partial charge is 0.0891 e. The molecule has 0 heterocycles. The van der Waals surface area contributed by atoms with Crippen molar-refractivity contribution < 1.29 is 0 Å². The molecule has 0 aromatic rings. The van der Waals surface area contributed by atoms with Crippen molar-refractivity contribution in [1.82, 2.24) is 0 Å². The zero-order valence-corrected chi connectivity index (χ0v) is 17.6. The van der Waals surface area contributed by atoms with Gasteiger partial charge in [0.25, 0.3) is 0 Å². The average Bonchev–Trinajstić information content (AvgIpc) is 2.51. The molecule has 2 heteroatoms. The molecule has 0 saturated heterocycles. The minimum atomic E-state index is 0.778. The lowest BCUT2D eigenvalue weighted by molar-refractivity contribution is 0.237. The molecule has 0 N–H and O–H groups in total. The van der Waals surface area contributed by atoms with Crippen LogP contribution in [-0.4, -0.2) is 9.65 Å². The molecule has 2 aliphatic rings. The smallest absolute Gasteiger partial charge is 0.0148 e. The van der Waals surface area contributed by atoms with E-state index in [9.17, 15) is 0 Å². The number of hydrogen-bond donors (Lipinski definition) is 0. The highest BCUT2D eigenvalue weighted by molar-refractivity contribution is 9.09. The fraction of sp³-hybridized carbons (Fsp3) is 1.00. The van der Waals surface area contributed by atoms with Crippen molar-refractivity contribution in [3.05, 3.63) is 0 Å². The first-order chi connectivity index (χ1) is 10.8. The maximum atomic E-state index is 4.01. The van der Waals surface area contributed by atoms with Crippen molar-refractivity contribution in [2.24, 2.45) is 11.8 Å². The van der Waals surface area contributed by atoms with Crippen LogP contribution in [-0.2, 0) is 0 Å². The monoisotopic (exact) mass is 434 g/mol. The van der Waals surface area contributed by atoms with Gasteiger partial charge in [0.15, 0.2) is 0 Å². The molecular weight excluding hydrogens is 400 g/mol. The lowest BCUT2D eigenvalue weighted by atomic mass is 9.77. The molecule has 2 aliphatic carbocycles. The molecule has 0 spiro atoms. The van der Waals surface area contributed by atoms with Crippen LogP contribution in [0.2, 0.25) is 0 Å². The Morgan fingerprint density at radius 1 is 0.409 bits per heavy atom. The zero-order chi connectivity index (χ0) is 15.6. The highest BCUT2D eigenvalue weighted by atomic mass is 79.9. The summed E-state index contributed by atoms with van der Waals surface area (Å²) in [6.45, 7) is 0. The topological polar surface area (TPSA) is 0 Å². The maximum absolute atomic E-state index is 4.01. The van der Waals surface area contributed by atoms with E-state index >= 15 is 0 Å². The van der Waals surface area contributed by atoms with Crippen LogP contribution in [0.4, 0.5) is 0 Å². The average molecular weight is 436 g/mol. The third-order valence-corrected chi connectivity index (χ3v) is 7.63. The maximum Gasteiger partial charge on any atom is 0.0148 e. The molecule has 2 fully saturated rings. The van der Waals surface area contributed by atoms with Crippen molar-refractivity contribution in [2.45, 2.75) is 112 Å². The van der Waals surface area contributed by atoms with Gasteiger partial charge in [-0.05, 0) is 37.5 Å². The number of hydrogen-bond acceptors (Lipinski definition) is 0. The minimum Gasteiger partial charge on any atom is -0.0891 e. The molecule has 0 bridgehead atoms. The Balaban J connectivity index is 1.94. The highest BCUT2D eigenvalue weighted by Crippen LogP contribution is 2.37. The number of halogens is 2. The Morgan fingerprint density at radius 3 is 1.14 bits per heavy atom. The summed E-state index contributed by atoms with van der Waals surface area (Å²) in [5, 5.41) is 0. The van der Waals surface area contributed by atoms with E-state index < -0.39 is 0 Å². The Morgan fingerprint density at radius 2 is 0.727 bits per heavy atom. The van der Waals surface area contributed by atoms with E-state index in [2.05, 4.69) is 31.9 Å². The quantitative estimate of drug-likeness (QED) is 0.365. The summed E-state index contributed by atoms with van der Waals surface area (Å²) >= 11 is 8.01. The molecule has 22 heavy (non-hydrogen) atoms. The van der Waals surface area contributed by atoms with Gasteiger partial charge in [-0.25, -0.2) is 0 Å². The van der Waals surface area contributed by atoms with Crippen molar-refractivity contribution in [3.8, 4) is 0 Å². The van der Waals surface area contributed by atoms with Crippen LogP contribution in [0.5, 0.6) is 0 Å². The van der Waals surface area contributed by atoms with Gasteiger partial charge in [-0.3, -0.25) is 0 Å². The third kappa shape index (κ3) is 7.69. The van der Waals surface area contributed by atoms with Crippen molar-refractivity contribution in [1.29, 1.82) is 0 Å². The lowest BCUT2D eigenvalue weighted by Gasteiger charge is -2.32. The zero-order valence-electron chi connectivity index (χ0n) is 14.4. The first kappa shape index (κ1) is 19.3. The van der Waals surface area contributed by atoms with Gasteiger partial charge in [-0.2, -0.15) is 0 Å². The Bertz CT molecular complexity index is 251. The van der Waals surface area contributed by atoms with Gasteiger partial charge in [-0.1, -0.05) is 109 Å². The van der Waals surface area contributed by atoms with Gasteiger partial charge >= 0.3 is 0 Å². The summed E-state index contributed by atoms with van der Waals surface area (Å²) < 4.78 is 0. The fourth-order valence-electron chi connectivity index (χ4n) is 4.59. The van der Waals surface area contributed by atoms with Crippen LogP contribution in [0.15, 0.2) is 0 Å². The third-order valence-electron chi connectivity index (χ3n) is 5.97. The number of alkyl halides is 2. The van der Waals surface area contributed by atoms with Crippen LogP contribution in [0, 0.1) is 11.8 Å². The van der Waals surface area contributed by atoms with E-state index in [1.807, 2.05) is 0 Å². The molecule has 0 aliphatic heterocycles. The van der Waals surface area contributed by atoms with Gasteiger partial charge in [0.05, 0.1) is 0 Å². The van der Waals surface area contributed by atoms with E-state index in [-0.39, 0.29) is 0 Å². The van der Waals surface area contributed by atoms with Gasteiger partial charge in [0.1, 0.15) is 0 Å².